The molecule has 0 aliphatic carbocycles. The lowest BCUT2D eigenvalue weighted by atomic mass is 9.99. The van der Waals surface area contributed by atoms with Crippen LogP contribution in [-0.4, -0.2) is 49.4 Å². The van der Waals surface area contributed by atoms with Crippen LogP contribution in [0.4, 0.5) is 10.1 Å². The number of rotatable bonds is 6. The Morgan fingerprint density at radius 2 is 1.82 bits per heavy atom. The average molecular weight is 609 g/mol. The molecule has 1 amide bonds. The minimum absolute atomic E-state index is 0.210. The Morgan fingerprint density at radius 3 is 2.50 bits per heavy atom. The summed E-state index contributed by atoms with van der Waals surface area (Å²) in [7, 11) is 1.04. The van der Waals surface area contributed by atoms with Gasteiger partial charge in [-0.05, 0) is 54.6 Å². The molecule has 1 N–H and O–H groups in total. The number of fused-ring (bicyclic) bond motifs is 2. The molecule has 220 valence electrons. The Hall–Kier alpha value is -5.54. The van der Waals surface area contributed by atoms with Crippen LogP contribution >= 0.6 is 0 Å². The van der Waals surface area contributed by atoms with Crippen LogP contribution in [-0.2, 0) is 17.1 Å². The summed E-state index contributed by atoms with van der Waals surface area (Å²) in [5.74, 6) is -0.668. The van der Waals surface area contributed by atoms with Gasteiger partial charge in [-0.1, -0.05) is 6.07 Å². The molecule has 6 rings (SSSR count). The lowest BCUT2D eigenvalue weighted by molar-refractivity contribution is 0.0964. The molecule has 0 aliphatic heterocycles. The number of sulfonamides is 1. The maximum Gasteiger partial charge on any atom is 0.255 e. The fourth-order valence-corrected chi connectivity index (χ4v) is 5.81. The molecule has 12 heteroatoms. The molecule has 0 atom stereocenters. The number of nitrogens with one attached hydrogen (secondary N) is 1. The standard InChI is InChI=1S/C32H25FN6O4S/c1-35-32(40)30-24-13-22(20-12-25(37-36-17-20)28-14-23-19(16-34)6-5-7-26(23)38(28)2)27(39(3)44(4,41)42)15-29(24)43-31(30)18-8-10-21(33)11-9-18/h5-15,17H,1-4H3,(H,35,40). The highest BCUT2D eigenvalue weighted by molar-refractivity contribution is 7.92. The fraction of sp³-hybridized carbons (Fsp3) is 0.125. The predicted octanol–water partition coefficient (Wildman–Crippen LogP) is 5.48. The predicted molar refractivity (Wildman–Crippen MR) is 166 cm³/mol. The number of aromatic nitrogens is 3. The molecule has 0 saturated carbocycles. The van der Waals surface area contributed by atoms with Gasteiger partial charge in [0, 0.05) is 60.2 Å². The minimum Gasteiger partial charge on any atom is -0.455 e. The maximum absolute atomic E-state index is 13.7. The van der Waals surface area contributed by atoms with Crippen molar-refractivity contribution in [2.24, 2.45) is 7.05 Å². The molecule has 10 nitrogen and oxygen atoms in total. The Labute approximate surface area is 252 Å². The number of furan rings is 1. The van der Waals surface area contributed by atoms with E-state index in [-0.39, 0.29) is 22.6 Å². The van der Waals surface area contributed by atoms with Gasteiger partial charge in [0.15, 0.2) is 0 Å². The van der Waals surface area contributed by atoms with E-state index in [1.54, 1.807) is 24.3 Å². The molecule has 3 aromatic heterocycles. The van der Waals surface area contributed by atoms with Crippen molar-refractivity contribution < 1.29 is 22.0 Å². The third-order valence-electron chi connectivity index (χ3n) is 7.64. The monoisotopic (exact) mass is 608 g/mol. The molecule has 3 aromatic carbocycles. The van der Waals surface area contributed by atoms with E-state index < -0.39 is 21.7 Å². The zero-order valence-corrected chi connectivity index (χ0v) is 24.9. The second kappa shape index (κ2) is 10.6. The summed E-state index contributed by atoms with van der Waals surface area (Å²) in [6, 6.07) is 20.1. The van der Waals surface area contributed by atoms with Gasteiger partial charge in [-0.2, -0.15) is 10.4 Å². The van der Waals surface area contributed by atoms with Crippen LogP contribution < -0.4 is 9.62 Å². The molecule has 0 fully saturated rings. The lowest BCUT2D eigenvalue weighted by Gasteiger charge is -2.20. The molecule has 0 saturated heterocycles. The summed E-state index contributed by atoms with van der Waals surface area (Å²) in [4.78, 5) is 13.2. The third-order valence-corrected chi connectivity index (χ3v) is 8.83. The SMILES string of the molecule is CNC(=O)c1c(-c2ccc(F)cc2)oc2cc(N(C)S(C)(=O)=O)c(-c3cnnc(-c4cc5c(C#N)cccc5n4C)c3)cc12. The topological polar surface area (TPSA) is 134 Å². The summed E-state index contributed by atoms with van der Waals surface area (Å²) in [6.45, 7) is 0. The van der Waals surface area contributed by atoms with Crippen molar-refractivity contribution in [1.82, 2.24) is 20.1 Å². The van der Waals surface area contributed by atoms with Crippen molar-refractivity contribution >= 4 is 43.5 Å². The number of carbonyl (C=O) groups is 1. The van der Waals surface area contributed by atoms with Crippen LogP contribution in [0, 0.1) is 17.1 Å². The number of anilines is 1. The Kier molecular flexibility index (Phi) is 6.90. The summed E-state index contributed by atoms with van der Waals surface area (Å²) in [6.07, 6.45) is 2.59. The molecular formula is C32H25FN6O4S. The molecule has 0 radical (unpaired) electrons. The van der Waals surface area contributed by atoms with Gasteiger partial charge in [0.05, 0.1) is 41.0 Å². The van der Waals surface area contributed by atoms with Gasteiger partial charge in [-0.15, -0.1) is 5.10 Å². The third kappa shape index (κ3) is 4.73. The van der Waals surface area contributed by atoms with Crippen molar-refractivity contribution in [3.63, 3.8) is 0 Å². The van der Waals surface area contributed by atoms with E-state index in [4.69, 9.17) is 4.42 Å². The van der Waals surface area contributed by atoms with Gasteiger partial charge in [-0.25, -0.2) is 12.8 Å². The zero-order valence-electron chi connectivity index (χ0n) is 24.1. The summed E-state index contributed by atoms with van der Waals surface area (Å²) >= 11 is 0. The van der Waals surface area contributed by atoms with Crippen LogP contribution in [0.1, 0.15) is 15.9 Å². The number of carbonyl (C=O) groups excluding carboxylic acids is 1. The first-order valence-electron chi connectivity index (χ1n) is 13.4. The number of nitrogens with zero attached hydrogens (tertiary/aromatic N) is 5. The highest BCUT2D eigenvalue weighted by atomic mass is 32.2. The second-order valence-corrected chi connectivity index (χ2v) is 12.3. The summed E-state index contributed by atoms with van der Waals surface area (Å²) in [5, 5.41) is 22.0. The van der Waals surface area contributed by atoms with Gasteiger partial charge in [-0.3, -0.25) is 9.10 Å². The Bertz CT molecular complexity index is 2270. The van der Waals surface area contributed by atoms with E-state index in [0.29, 0.717) is 39.0 Å². The first-order chi connectivity index (χ1) is 21.0. The van der Waals surface area contributed by atoms with E-state index in [0.717, 1.165) is 21.5 Å². The average Bonchev–Trinajstić information content (AvgIpc) is 3.57. The second-order valence-electron chi connectivity index (χ2n) is 10.3. The molecule has 6 aromatic rings. The Morgan fingerprint density at radius 1 is 1.07 bits per heavy atom. The molecule has 0 spiro atoms. The number of amides is 1. The minimum atomic E-state index is -3.73. The van der Waals surface area contributed by atoms with E-state index in [1.165, 1.54) is 44.6 Å². The van der Waals surface area contributed by atoms with Crippen molar-refractivity contribution in [2.75, 3.05) is 24.7 Å². The van der Waals surface area contributed by atoms with E-state index >= 15 is 0 Å². The van der Waals surface area contributed by atoms with Gasteiger partial charge >= 0.3 is 0 Å². The molecule has 44 heavy (non-hydrogen) atoms. The fourth-order valence-electron chi connectivity index (χ4n) is 5.30. The largest absolute Gasteiger partial charge is 0.455 e. The van der Waals surface area contributed by atoms with Crippen molar-refractivity contribution in [3.8, 4) is 39.9 Å². The molecule has 0 unspecified atom stereocenters. The van der Waals surface area contributed by atoms with Gasteiger partial charge in [0.25, 0.3) is 5.91 Å². The van der Waals surface area contributed by atoms with E-state index in [1.807, 2.05) is 29.8 Å². The number of nitriles is 1. The number of hydrogen-bond donors (Lipinski definition) is 1. The maximum atomic E-state index is 13.7. The van der Waals surface area contributed by atoms with Crippen molar-refractivity contribution in [2.45, 2.75) is 0 Å². The van der Waals surface area contributed by atoms with Crippen LogP contribution in [0.25, 0.3) is 55.7 Å². The van der Waals surface area contributed by atoms with Crippen LogP contribution in [0.5, 0.6) is 0 Å². The van der Waals surface area contributed by atoms with Crippen molar-refractivity contribution in [3.05, 3.63) is 89.9 Å². The summed E-state index contributed by atoms with van der Waals surface area (Å²) < 4.78 is 48.4. The van der Waals surface area contributed by atoms with Crippen LogP contribution in [0.3, 0.4) is 0 Å². The van der Waals surface area contributed by atoms with Crippen LogP contribution in [0.15, 0.2) is 77.3 Å². The van der Waals surface area contributed by atoms with E-state index in [2.05, 4.69) is 21.6 Å². The summed E-state index contributed by atoms with van der Waals surface area (Å²) in [5.41, 5.74) is 4.76. The smallest absolute Gasteiger partial charge is 0.255 e. The quantitative estimate of drug-likeness (QED) is 0.265. The number of hydrogen-bond acceptors (Lipinski definition) is 7. The van der Waals surface area contributed by atoms with Crippen LogP contribution in [0.2, 0.25) is 0 Å². The molecule has 0 bridgehead atoms. The highest BCUT2D eigenvalue weighted by Gasteiger charge is 2.26. The first kappa shape index (κ1) is 28.6. The zero-order chi connectivity index (χ0) is 31.3. The van der Waals surface area contributed by atoms with Gasteiger partial charge in [0.2, 0.25) is 10.0 Å². The number of halogens is 1. The van der Waals surface area contributed by atoms with Gasteiger partial charge < -0.3 is 14.3 Å². The van der Waals surface area contributed by atoms with E-state index in [9.17, 15) is 22.9 Å². The number of benzene rings is 3. The normalized spacial score (nSPS) is 11.5. The molecule has 0 aliphatic rings. The molecular weight excluding hydrogens is 583 g/mol. The molecule has 3 heterocycles. The van der Waals surface area contributed by atoms with Gasteiger partial charge in [0.1, 0.15) is 22.9 Å². The highest BCUT2D eigenvalue weighted by Crippen LogP contribution is 2.42. The number of aryl methyl sites for hydroxylation is 1. The first-order valence-corrected chi connectivity index (χ1v) is 15.2. The lowest BCUT2D eigenvalue weighted by Crippen LogP contribution is -2.25. The Balaban J connectivity index is 1.62. The van der Waals surface area contributed by atoms with Crippen molar-refractivity contribution in [1.29, 1.82) is 5.26 Å².